The van der Waals surface area contributed by atoms with E-state index in [1.165, 1.54) is 180 Å². The average Bonchev–Trinajstić information content (AvgIpc) is 3.03. The van der Waals surface area contributed by atoms with Gasteiger partial charge < -0.3 is 26.4 Å². The SMILES string of the molecule is CCCCCCCC/C=C/CCCCCCCCOCC[N+](C)(C)CCOCCCCCCCC/C=C/CCCCCCCC.[Cl-]. The third-order valence-corrected chi connectivity index (χ3v) is 9.28. The Morgan fingerprint density at radius 3 is 0.913 bits per heavy atom. The first kappa shape index (κ1) is 47.8. The highest BCUT2D eigenvalue weighted by Crippen LogP contribution is 2.12. The van der Waals surface area contributed by atoms with Gasteiger partial charge in [-0.25, -0.2) is 0 Å². The quantitative estimate of drug-likeness (QED) is 0.0370. The largest absolute Gasteiger partial charge is 1.00 e. The molecule has 0 aliphatic heterocycles. The van der Waals surface area contributed by atoms with Gasteiger partial charge in [-0.1, -0.05) is 154 Å². The second-order valence-electron chi connectivity index (χ2n) is 14.5. The molecule has 0 N–H and O–H groups in total. The van der Waals surface area contributed by atoms with E-state index in [2.05, 4.69) is 52.2 Å². The predicted octanol–water partition coefficient (Wildman–Crippen LogP) is 10.2. The lowest BCUT2D eigenvalue weighted by Crippen LogP contribution is -3.00. The summed E-state index contributed by atoms with van der Waals surface area (Å²) >= 11 is 0. The number of ether oxygens (including phenoxy) is 2. The summed E-state index contributed by atoms with van der Waals surface area (Å²) in [5, 5.41) is 0. The average molecular weight is 671 g/mol. The number of nitrogens with zero attached hydrogens (tertiary/aromatic N) is 1. The van der Waals surface area contributed by atoms with Crippen molar-refractivity contribution in [1.29, 1.82) is 0 Å². The van der Waals surface area contributed by atoms with Crippen LogP contribution in [0, 0.1) is 0 Å². The van der Waals surface area contributed by atoms with Gasteiger partial charge in [0.2, 0.25) is 0 Å². The van der Waals surface area contributed by atoms with Crippen LogP contribution in [0.15, 0.2) is 24.3 Å². The van der Waals surface area contributed by atoms with Gasteiger partial charge in [0, 0.05) is 13.2 Å². The molecule has 46 heavy (non-hydrogen) atoms. The zero-order valence-electron chi connectivity index (χ0n) is 32.0. The van der Waals surface area contributed by atoms with Crippen LogP contribution in [-0.2, 0) is 9.47 Å². The number of rotatable bonds is 38. The summed E-state index contributed by atoms with van der Waals surface area (Å²) in [6, 6.07) is 0. The van der Waals surface area contributed by atoms with Gasteiger partial charge in [0.1, 0.15) is 13.1 Å². The van der Waals surface area contributed by atoms with Gasteiger partial charge in [-0.05, 0) is 64.2 Å². The Kier molecular flexibility index (Phi) is 42.4. The minimum absolute atomic E-state index is 0. The van der Waals surface area contributed by atoms with Crippen molar-refractivity contribution in [2.45, 2.75) is 194 Å². The van der Waals surface area contributed by atoms with Crippen molar-refractivity contribution in [3.05, 3.63) is 24.3 Å². The highest BCUT2D eigenvalue weighted by molar-refractivity contribution is 4.82. The number of likely N-dealkylation sites (N-methyl/N-ethyl adjacent to an activating group) is 1. The summed E-state index contributed by atoms with van der Waals surface area (Å²) in [6.45, 7) is 10.3. The molecule has 0 heterocycles. The molecule has 0 spiro atoms. The minimum atomic E-state index is 0. The van der Waals surface area contributed by atoms with Crippen LogP contribution in [0.5, 0.6) is 0 Å². The summed E-state index contributed by atoms with van der Waals surface area (Å²) in [6.07, 6.45) is 47.7. The number of quaternary nitrogens is 1. The standard InChI is InChI=1S/C42H84NO2.ClH/c1-5-7-9-11-13-15-17-19-21-23-25-27-29-31-33-35-39-44-41-37-43(3,4)38-42-45-40-36-34-32-30-28-26-24-22-20-18-16-14-12-10-8-6-2;/h19-22H,5-18,23-42H2,1-4H3;1H/q+1;/p-1/b21-19+,22-20+;. The Morgan fingerprint density at radius 1 is 0.348 bits per heavy atom. The van der Waals surface area contributed by atoms with Crippen LogP contribution in [0.3, 0.4) is 0 Å². The van der Waals surface area contributed by atoms with Gasteiger partial charge in [-0.15, -0.1) is 0 Å². The first-order valence-electron chi connectivity index (χ1n) is 20.4. The number of unbranched alkanes of at least 4 members (excludes halogenated alkanes) is 24. The van der Waals surface area contributed by atoms with Gasteiger partial charge in [0.15, 0.2) is 0 Å². The summed E-state index contributed by atoms with van der Waals surface area (Å²) in [5.74, 6) is 0. The summed E-state index contributed by atoms with van der Waals surface area (Å²) in [4.78, 5) is 0. The second kappa shape index (κ2) is 40.8. The lowest BCUT2D eigenvalue weighted by molar-refractivity contribution is -0.891. The molecule has 0 amide bonds. The maximum atomic E-state index is 5.96. The van der Waals surface area contributed by atoms with Crippen molar-refractivity contribution in [3.8, 4) is 0 Å². The molecule has 3 nitrogen and oxygen atoms in total. The van der Waals surface area contributed by atoms with Gasteiger partial charge in [-0.2, -0.15) is 0 Å². The molecule has 0 radical (unpaired) electrons. The zero-order chi connectivity index (χ0) is 32.8. The minimum Gasteiger partial charge on any atom is -1.00 e. The fourth-order valence-corrected chi connectivity index (χ4v) is 5.84. The Hall–Kier alpha value is -0.350. The van der Waals surface area contributed by atoms with Crippen molar-refractivity contribution in [2.24, 2.45) is 0 Å². The molecule has 0 aliphatic carbocycles. The first-order valence-corrected chi connectivity index (χ1v) is 20.4. The van der Waals surface area contributed by atoms with Crippen LogP contribution in [-0.4, -0.2) is 58.1 Å². The Balaban J connectivity index is 0. The fourth-order valence-electron chi connectivity index (χ4n) is 5.84. The summed E-state index contributed by atoms with van der Waals surface area (Å²) in [5.41, 5.74) is 0. The Labute approximate surface area is 297 Å². The normalized spacial score (nSPS) is 12.1. The van der Waals surface area contributed by atoms with Crippen molar-refractivity contribution in [3.63, 3.8) is 0 Å². The number of hydrogen-bond donors (Lipinski definition) is 0. The monoisotopic (exact) mass is 670 g/mol. The fraction of sp³-hybridized carbons (Fsp3) is 0.905. The van der Waals surface area contributed by atoms with Crippen molar-refractivity contribution in [1.82, 2.24) is 0 Å². The molecule has 0 rings (SSSR count). The van der Waals surface area contributed by atoms with Crippen LogP contribution >= 0.6 is 0 Å². The molecule has 4 heteroatoms. The predicted molar refractivity (Wildman–Crippen MR) is 202 cm³/mol. The van der Waals surface area contributed by atoms with Crippen LogP contribution in [0.2, 0.25) is 0 Å². The molecule has 0 saturated carbocycles. The van der Waals surface area contributed by atoms with Gasteiger partial charge >= 0.3 is 0 Å². The van der Waals surface area contributed by atoms with Gasteiger partial charge in [0.05, 0.1) is 27.3 Å². The van der Waals surface area contributed by atoms with E-state index >= 15 is 0 Å². The first-order chi connectivity index (χ1) is 22.1. The molecule has 0 saturated heterocycles. The van der Waals surface area contributed by atoms with E-state index in [0.717, 1.165) is 44.0 Å². The molecule has 0 unspecified atom stereocenters. The van der Waals surface area contributed by atoms with E-state index in [4.69, 9.17) is 9.47 Å². The zero-order valence-corrected chi connectivity index (χ0v) is 32.7. The highest BCUT2D eigenvalue weighted by atomic mass is 35.5. The molecule has 0 atom stereocenters. The van der Waals surface area contributed by atoms with Crippen LogP contribution in [0.25, 0.3) is 0 Å². The molecule has 0 aromatic heterocycles. The second-order valence-corrected chi connectivity index (χ2v) is 14.5. The number of allylic oxidation sites excluding steroid dienone is 4. The maximum Gasteiger partial charge on any atom is 0.102 e. The number of halogens is 1. The third kappa shape index (κ3) is 41.7. The number of hydrogen-bond acceptors (Lipinski definition) is 2. The Morgan fingerprint density at radius 2 is 0.609 bits per heavy atom. The molecular weight excluding hydrogens is 586 g/mol. The van der Waals surface area contributed by atoms with E-state index in [1.807, 2.05) is 0 Å². The van der Waals surface area contributed by atoms with Crippen LogP contribution in [0.4, 0.5) is 0 Å². The van der Waals surface area contributed by atoms with Crippen LogP contribution in [0.1, 0.15) is 194 Å². The maximum absolute atomic E-state index is 5.96. The highest BCUT2D eigenvalue weighted by Gasteiger charge is 2.14. The van der Waals surface area contributed by atoms with E-state index < -0.39 is 0 Å². The molecule has 0 fully saturated rings. The third-order valence-electron chi connectivity index (χ3n) is 9.28. The summed E-state index contributed by atoms with van der Waals surface area (Å²) in [7, 11) is 4.61. The molecule has 0 bridgehead atoms. The van der Waals surface area contributed by atoms with Gasteiger partial charge in [-0.3, -0.25) is 0 Å². The molecular formula is C42H84ClNO2. The van der Waals surface area contributed by atoms with E-state index in [1.54, 1.807) is 0 Å². The van der Waals surface area contributed by atoms with E-state index in [0.29, 0.717) is 0 Å². The Bertz CT molecular complexity index is 556. The van der Waals surface area contributed by atoms with Crippen LogP contribution < -0.4 is 12.4 Å². The van der Waals surface area contributed by atoms with Gasteiger partial charge in [0.25, 0.3) is 0 Å². The summed E-state index contributed by atoms with van der Waals surface area (Å²) < 4.78 is 12.9. The molecule has 0 aromatic carbocycles. The van der Waals surface area contributed by atoms with Crippen molar-refractivity contribution >= 4 is 0 Å². The smallest absolute Gasteiger partial charge is 0.102 e. The van der Waals surface area contributed by atoms with Crippen molar-refractivity contribution in [2.75, 3.05) is 53.6 Å². The molecule has 0 aliphatic rings. The lowest BCUT2D eigenvalue weighted by atomic mass is 10.1. The lowest BCUT2D eigenvalue weighted by Gasteiger charge is -2.29. The van der Waals surface area contributed by atoms with E-state index in [-0.39, 0.29) is 12.4 Å². The molecule has 0 aromatic rings. The van der Waals surface area contributed by atoms with E-state index in [9.17, 15) is 0 Å². The van der Waals surface area contributed by atoms with Crippen molar-refractivity contribution < 1.29 is 26.4 Å². The molecule has 276 valence electrons. The topological polar surface area (TPSA) is 18.5 Å².